The van der Waals surface area contributed by atoms with E-state index in [1.807, 2.05) is 0 Å². The fourth-order valence-electron chi connectivity index (χ4n) is 1.47. The van der Waals surface area contributed by atoms with Gasteiger partial charge in [0.1, 0.15) is 0 Å². The Morgan fingerprint density at radius 3 is 2.48 bits per heavy atom. The molecule has 0 unspecified atom stereocenters. The van der Waals surface area contributed by atoms with Gasteiger partial charge >= 0.3 is 16.4 Å². The molecule has 0 aliphatic carbocycles. The van der Waals surface area contributed by atoms with Crippen molar-refractivity contribution in [3.8, 4) is 0 Å². The molecule has 1 aromatic carbocycles. The van der Waals surface area contributed by atoms with Crippen LogP contribution in [0, 0.1) is 0 Å². The Kier molecular flexibility index (Phi) is 6.02. The quantitative estimate of drug-likeness (QED) is 0.784. The Labute approximate surface area is 129 Å². The summed E-state index contributed by atoms with van der Waals surface area (Å²) < 4.78 is 65.2. The Hall–Kier alpha value is -0.840. The van der Waals surface area contributed by atoms with Crippen molar-refractivity contribution in [3.05, 3.63) is 28.2 Å². The predicted molar refractivity (Wildman–Crippen MR) is 78.0 cm³/mol. The van der Waals surface area contributed by atoms with Crippen LogP contribution in [0.4, 0.5) is 18.9 Å². The molecule has 0 radical (unpaired) electrons. The molecule has 1 rings (SSSR count). The molecule has 0 aromatic heterocycles. The van der Waals surface area contributed by atoms with Gasteiger partial charge in [-0.15, -0.1) is 0 Å². The Morgan fingerprint density at radius 1 is 1.33 bits per heavy atom. The molecule has 120 valence electrons. The van der Waals surface area contributed by atoms with Crippen molar-refractivity contribution in [2.75, 3.05) is 24.9 Å². The van der Waals surface area contributed by atoms with E-state index in [9.17, 15) is 21.6 Å². The Balaban J connectivity index is 3.00. The topological polar surface area (TPSA) is 75.4 Å². The van der Waals surface area contributed by atoms with Gasteiger partial charge in [0.2, 0.25) is 0 Å². The molecule has 0 fully saturated rings. The van der Waals surface area contributed by atoms with Crippen LogP contribution in [0.2, 0.25) is 0 Å². The summed E-state index contributed by atoms with van der Waals surface area (Å²) in [5.41, 5.74) is 4.17. The number of alkyl halides is 3. The number of nitrogens with one attached hydrogen (secondary N) is 1. The van der Waals surface area contributed by atoms with Crippen LogP contribution in [0.1, 0.15) is 12.0 Å². The summed E-state index contributed by atoms with van der Waals surface area (Å²) in [6, 6.07) is 2.86. The molecule has 1 aromatic rings. The molecule has 0 saturated heterocycles. The Bertz CT molecular complexity index is 593. The highest BCUT2D eigenvalue weighted by atomic mass is 79.9. The summed E-state index contributed by atoms with van der Waals surface area (Å²) in [6.07, 6.45) is -4.11. The third-order valence-corrected chi connectivity index (χ3v) is 4.51. The van der Waals surface area contributed by atoms with Crippen LogP contribution in [0.15, 0.2) is 22.7 Å². The molecular formula is C11H15BrF3N3O2S. The van der Waals surface area contributed by atoms with Gasteiger partial charge in [0.25, 0.3) is 0 Å². The lowest BCUT2D eigenvalue weighted by Crippen LogP contribution is -2.34. The third kappa shape index (κ3) is 5.46. The van der Waals surface area contributed by atoms with Crippen LogP contribution >= 0.6 is 15.9 Å². The highest BCUT2D eigenvalue weighted by molar-refractivity contribution is 9.10. The van der Waals surface area contributed by atoms with Crippen molar-refractivity contribution < 1.29 is 21.6 Å². The van der Waals surface area contributed by atoms with Gasteiger partial charge in [-0.2, -0.15) is 25.9 Å². The Morgan fingerprint density at radius 2 is 1.95 bits per heavy atom. The van der Waals surface area contributed by atoms with E-state index in [0.29, 0.717) is 13.0 Å². The minimum absolute atomic E-state index is 0.125. The van der Waals surface area contributed by atoms with Crippen LogP contribution in [0.25, 0.3) is 0 Å². The van der Waals surface area contributed by atoms with Gasteiger partial charge in [0.15, 0.2) is 0 Å². The van der Waals surface area contributed by atoms with Crippen LogP contribution in [-0.4, -0.2) is 32.9 Å². The average Bonchev–Trinajstić information content (AvgIpc) is 2.33. The zero-order valence-corrected chi connectivity index (χ0v) is 13.5. The van der Waals surface area contributed by atoms with Crippen molar-refractivity contribution in [1.29, 1.82) is 0 Å². The number of hydrogen-bond acceptors (Lipinski definition) is 3. The molecule has 0 amide bonds. The number of nitrogens with two attached hydrogens (primary N) is 1. The molecule has 3 N–H and O–H groups in total. The van der Waals surface area contributed by atoms with Crippen LogP contribution < -0.4 is 10.5 Å². The lowest BCUT2D eigenvalue weighted by molar-refractivity contribution is -0.137. The molecular weight excluding hydrogens is 375 g/mol. The second-order valence-corrected chi connectivity index (χ2v) is 6.99. The summed E-state index contributed by atoms with van der Waals surface area (Å²) in [5, 5.41) is 0. The molecule has 0 atom stereocenters. The zero-order chi connectivity index (χ0) is 16.3. The smallest absolute Gasteiger partial charge is 0.330 e. The monoisotopic (exact) mass is 389 g/mol. The van der Waals surface area contributed by atoms with Gasteiger partial charge in [-0.05, 0) is 31.2 Å². The molecule has 0 aliphatic rings. The molecule has 0 spiro atoms. The van der Waals surface area contributed by atoms with Crippen LogP contribution in [0.5, 0.6) is 0 Å². The van der Waals surface area contributed by atoms with Crippen molar-refractivity contribution >= 4 is 31.8 Å². The summed E-state index contributed by atoms with van der Waals surface area (Å²) in [4.78, 5) is 0. The molecule has 21 heavy (non-hydrogen) atoms. The predicted octanol–water partition coefficient (Wildman–Crippen LogP) is 2.41. The molecule has 5 nitrogen and oxygen atoms in total. The van der Waals surface area contributed by atoms with E-state index in [1.54, 1.807) is 0 Å². The molecule has 0 saturated carbocycles. The maximum Gasteiger partial charge on any atom is 0.416 e. The fraction of sp³-hybridized carbons (Fsp3) is 0.455. The summed E-state index contributed by atoms with van der Waals surface area (Å²) in [5.74, 6) is 0. The minimum Gasteiger partial charge on any atom is -0.330 e. The summed E-state index contributed by atoms with van der Waals surface area (Å²) in [7, 11) is -2.60. The normalized spacial score (nSPS) is 12.7. The van der Waals surface area contributed by atoms with E-state index in [0.717, 1.165) is 16.4 Å². The number of rotatable bonds is 6. The fourth-order valence-corrected chi connectivity index (χ4v) is 2.91. The van der Waals surface area contributed by atoms with Crippen molar-refractivity contribution in [2.24, 2.45) is 5.73 Å². The van der Waals surface area contributed by atoms with E-state index in [2.05, 4.69) is 20.7 Å². The van der Waals surface area contributed by atoms with E-state index in [1.165, 1.54) is 13.1 Å². The summed E-state index contributed by atoms with van der Waals surface area (Å²) in [6.45, 7) is 0.487. The summed E-state index contributed by atoms with van der Waals surface area (Å²) >= 11 is 2.93. The third-order valence-electron chi connectivity index (χ3n) is 2.56. The van der Waals surface area contributed by atoms with Crippen LogP contribution in [0.3, 0.4) is 0 Å². The van der Waals surface area contributed by atoms with E-state index >= 15 is 0 Å². The number of halogens is 4. The SMILES string of the molecule is CN(CCCN)S(=O)(=O)Nc1cc(Br)cc(C(F)(F)F)c1. The number of hydrogen-bond donors (Lipinski definition) is 2. The highest BCUT2D eigenvalue weighted by Crippen LogP contribution is 2.33. The van der Waals surface area contributed by atoms with Gasteiger partial charge in [-0.1, -0.05) is 15.9 Å². The van der Waals surface area contributed by atoms with Gasteiger partial charge in [0.05, 0.1) is 11.3 Å². The maximum atomic E-state index is 12.7. The van der Waals surface area contributed by atoms with Gasteiger partial charge in [0, 0.05) is 18.1 Å². The largest absolute Gasteiger partial charge is 0.416 e. The standard InChI is InChI=1S/C11H15BrF3N3O2S/c1-18(4-2-3-16)21(19,20)17-10-6-8(11(13,14)15)5-9(12)7-10/h5-7,17H,2-4,16H2,1H3. The molecule has 0 heterocycles. The maximum absolute atomic E-state index is 12.7. The second-order valence-electron chi connectivity index (χ2n) is 4.30. The molecule has 10 heteroatoms. The first-order valence-electron chi connectivity index (χ1n) is 5.88. The second kappa shape index (κ2) is 6.95. The average molecular weight is 390 g/mol. The van der Waals surface area contributed by atoms with E-state index in [-0.39, 0.29) is 16.7 Å². The number of nitrogens with zero attached hydrogens (tertiary/aromatic N) is 1. The van der Waals surface area contributed by atoms with E-state index < -0.39 is 21.9 Å². The minimum atomic E-state index is -4.56. The van der Waals surface area contributed by atoms with Crippen molar-refractivity contribution in [1.82, 2.24) is 4.31 Å². The van der Waals surface area contributed by atoms with Crippen LogP contribution in [-0.2, 0) is 16.4 Å². The molecule has 0 aliphatic heterocycles. The number of benzene rings is 1. The zero-order valence-electron chi connectivity index (χ0n) is 11.1. The molecule has 0 bridgehead atoms. The highest BCUT2D eigenvalue weighted by Gasteiger charge is 2.31. The van der Waals surface area contributed by atoms with Gasteiger partial charge in [-0.3, -0.25) is 4.72 Å². The lowest BCUT2D eigenvalue weighted by atomic mass is 10.2. The van der Waals surface area contributed by atoms with E-state index in [4.69, 9.17) is 5.73 Å². The first-order valence-corrected chi connectivity index (χ1v) is 8.11. The van der Waals surface area contributed by atoms with Gasteiger partial charge in [-0.25, -0.2) is 0 Å². The number of anilines is 1. The van der Waals surface area contributed by atoms with Crippen molar-refractivity contribution in [3.63, 3.8) is 0 Å². The first kappa shape index (κ1) is 18.2. The first-order chi connectivity index (χ1) is 9.56. The van der Waals surface area contributed by atoms with Crippen molar-refractivity contribution in [2.45, 2.75) is 12.6 Å². The van der Waals surface area contributed by atoms with Gasteiger partial charge < -0.3 is 5.73 Å². The lowest BCUT2D eigenvalue weighted by Gasteiger charge is -2.18.